The lowest BCUT2D eigenvalue weighted by molar-refractivity contribution is 0.0693. The molecule has 0 aliphatic carbocycles. The fourth-order valence-electron chi connectivity index (χ4n) is 4.16. The summed E-state index contributed by atoms with van der Waals surface area (Å²) in [6, 6.07) is 7.64. The van der Waals surface area contributed by atoms with E-state index in [9.17, 15) is 23.2 Å². The van der Waals surface area contributed by atoms with Crippen molar-refractivity contribution in [3.05, 3.63) is 81.3 Å². The lowest BCUT2D eigenvalue weighted by atomic mass is 10.1. The van der Waals surface area contributed by atoms with Crippen LogP contribution in [0.25, 0.3) is 22.4 Å². The molecule has 3 N–H and O–H groups in total. The highest BCUT2D eigenvalue weighted by molar-refractivity contribution is 6.22. The number of nitrogens with zero attached hydrogens (tertiary/aromatic N) is 2. The molecule has 5 rings (SSSR count). The van der Waals surface area contributed by atoms with Crippen LogP contribution in [0.1, 0.15) is 33.2 Å². The number of benzene rings is 2. The van der Waals surface area contributed by atoms with Gasteiger partial charge < -0.3 is 15.3 Å². The van der Waals surface area contributed by atoms with Gasteiger partial charge >= 0.3 is 0 Å². The first-order chi connectivity index (χ1) is 16.2. The van der Waals surface area contributed by atoms with E-state index in [-0.39, 0.29) is 40.5 Å². The minimum atomic E-state index is -0.530. The highest BCUT2D eigenvalue weighted by Crippen LogP contribution is 2.30. The number of hydrogen-bond acceptors (Lipinski definition) is 5. The van der Waals surface area contributed by atoms with Gasteiger partial charge in [-0.05, 0) is 55.3 Å². The van der Waals surface area contributed by atoms with Gasteiger partial charge in [0.1, 0.15) is 23.0 Å². The average molecular weight is 463 g/mol. The number of imide groups is 1. The van der Waals surface area contributed by atoms with Crippen LogP contribution in [0.3, 0.4) is 0 Å². The fourth-order valence-corrected chi connectivity index (χ4v) is 4.16. The van der Waals surface area contributed by atoms with Gasteiger partial charge in [0.15, 0.2) is 0 Å². The van der Waals surface area contributed by atoms with Crippen molar-refractivity contribution in [3.63, 3.8) is 0 Å². The number of rotatable bonds is 5. The van der Waals surface area contributed by atoms with E-state index in [0.717, 1.165) is 23.1 Å². The van der Waals surface area contributed by atoms with E-state index in [1.807, 2.05) is 0 Å². The lowest BCUT2D eigenvalue weighted by Gasteiger charge is -2.17. The predicted molar refractivity (Wildman–Crippen MR) is 122 cm³/mol. The molecule has 10 heteroatoms. The summed E-state index contributed by atoms with van der Waals surface area (Å²) in [5, 5.41) is 3.17. The maximum atomic E-state index is 14.1. The molecule has 172 valence electrons. The van der Waals surface area contributed by atoms with Crippen LogP contribution in [-0.2, 0) is 6.42 Å². The number of fused-ring (bicyclic) bond motifs is 2. The Morgan fingerprint density at radius 1 is 1.06 bits per heavy atom. The number of pyridine rings is 1. The fraction of sp³-hybridized carbons (Fsp3) is 0.167. The number of H-pyrrole nitrogens is 2. The second-order valence-corrected chi connectivity index (χ2v) is 8.25. The van der Waals surface area contributed by atoms with Gasteiger partial charge in [0.2, 0.25) is 0 Å². The first-order valence-electron chi connectivity index (χ1n) is 10.5. The Labute approximate surface area is 191 Å². The van der Waals surface area contributed by atoms with Crippen LogP contribution in [-0.4, -0.2) is 44.8 Å². The van der Waals surface area contributed by atoms with Gasteiger partial charge in [0, 0.05) is 19.3 Å². The Bertz CT molecular complexity index is 1490. The Hall–Kier alpha value is -4.34. The molecule has 0 spiro atoms. The van der Waals surface area contributed by atoms with E-state index >= 15 is 0 Å². The molecule has 8 nitrogen and oxygen atoms in total. The van der Waals surface area contributed by atoms with Crippen molar-refractivity contribution in [1.82, 2.24) is 19.9 Å². The summed E-state index contributed by atoms with van der Waals surface area (Å²) in [6.45, 7) is 1.78. The van der Waals surface area contributed by atoms with Gasteiger partial charge in [-0.3, -0.25) is 19.3 Å². The predicted octanol–water partition coefficient (Wildman–Crippen LogP) is 3.47. The largest absolute Gasteiger partial charge is 0.381 e. The summed E-state index contributed by atoms with van der Waals surface area (Å²) in [6.07, 6.45) is 1.65. The number of carbonyl (C=O) groups is 2. The SMILES string of the molecule is C[C@@H](Cc1cc(F)ccc1F)Nc1cc[nH]c(=O)c1-c1nc2cc3c(cc2[nH]1)C(=O)N(C)C3=O. The first-order valence-corrected chi connectivity index (χ1v) is 10.5. The molecule has 34 heavy (non-hydrogen) atoms. The number of aromatic amines is 2. The first kappa shape index (κ1) is 21.5. The third kappa shape index (κ3) is 3.53. The Balaban J connectivity index is 1.50. The molecular weight excluding hydrogens is 444 g/mol. The van der Waals surface area contributed by atoms with Gasteiger partial charge in [0.05, 0.1) is 27.8 Å². The van der Waals surface area contributed by atoms with Gasteiger partial charge in [-0.1, -0.05) is 0 Å². The number of aromatic nitrogens is 3. The minimum Gasteiger partial charge on any atom is -0.381 e. The molecule has 0 fully saturated rings. The number of amides is 2. The van der Waals surface area contributed by atoms with Crippen molar-refractivity contribution in [2.45, 2.75) is 19.4 Å². The molecule has 0 bridgehead atoms. The molecule has 1 aliphatic heterocycles. The molecule has 0 unspecified atom stereocenters. The molecule has 0 saturated carbocycles. The number of hydrogen-bond donors (Lipinski definition) is 3. The smallest absolute Gasteiger partial charge is 0.261 e. The molecular formula is C24H19F2N5O3. The molecule has 2 aromatic heterocycles. The Kier molecular flexibility index (Phi) is 5.00. The molecule has 1 aliphatic rings. The second kappa shape index (κ2) is 7.91. The van der Waals surface area contributed by atoms with E-state index in [4.69, 9.17) is 0 Å². The van der Waals surface area contributed by atoms with E-state index in [0.29, 0.717) is 16.7 Å². The molecule has 1 atom stereocenters. The highest BCUT2D eigenvalue weighted by Gasteiger charge is 2.33. The van der Waals surface area contributed by atoms with Crippen LogP contribution in [0.2, 0.25) is 0 Å². The third-order valence-corrected chi connectivity index (χ3v) is 5.82. The molecule has 0 saturated heterocycles. The van der Waals surface area contributed by atoms with Gasteiger partial charge in [-0.15, -0.1) is 0 Å². The van der Waals surface area contributed by atoms with Gasteiger partial charge in [-0.25, -0.2) is 13.8 Å². The molecule has 2 aromatic carbocycles. The van der Waals surface area contributed by atoms with E-state index in [1.165, 1.54) is 19.3 Å². The second-order valence-electron chi connectivity index (χ2n) is 8.25. The summed E-state index contributed by atoms with van der Waals surface area (Å²) in [5.74, 6) is -1.62. The van der Waals surface area contributed by atoms with Crippen LogP contribution in [0, 0.1) is 11.6 Å². The van der Waals surface area contributed by atoms with Crippen molar-refractivity contribution in [2.24, 2.45) is 0 Å². The number of carbonyl (C=O) groups excluding carboxylic acids is 2. The van der Waals surface area contributed by atoms with E-state index < -0.39 is 29.0 Å². The van der Waals surface area contributed by atoms with Crippen molar-refractivity contribution in [2.75, 3.05) is 12.4 Å². The minimum absolute atomic E-state index is 0.181. The number of nitrogens with one attached hydrogen (secondary N) is 3. The van der Waals surface area contributed by atoms with Crippen LogP contribution < -0.4 is 10.9 Å². The summed E-state index contributed by atoms with van der Waals surface area (Å²) in [5.41, 5.74) is 1.87. The van der Waals surface area contributed by atoms with E-state index in [2.05, 4.69) is 20.3 Å². The van der Waals surface area contributed by atoms with Gasteiger partial charge in [-0.2, -0.15) is 0 Å². The third-order valence-electron chi connectivity index (χ3n) is 5.82. The van der Waals surface area contributed by atoms with Crippen molar-refractivity contribution in [1.29, 1.82) is 0 Å². The lowest BCUT2D eigenvalue weighted by Crippen LogP contribution is -2.24. The molecule has 0 radical (unpaired) electrons. The summed E-state index contributed by atoms with van der Waals surface area (Å²) in [4.78, 5) is 48.5. The van der Waals surface area contributed by atoms with E-state index in [1.54, 1.807) is 19.1 Å². The highest BCUT2D eigenvalue weighted by atomic mass is 19.1. The van der Waals surface area contributed by atoms with Crippen LogP contribution in [0.15, 0.2) is 47.4 Å². The summed E-state index contributed by atoms with van der Waals surface area (Å²) in [7, 11) is 1.41. The monoisotopic (exact) mass is 463 g/mol. The standard InChI is InChI=1S/C24H19F2N5O3/c1-11(7-12-8-13(25)3-4-16(12)26)28-17-5-6-27-22(32)20(17)21-29-18-9-14-15(10-19(18)30-21)24(34)31(2)23(14)33/h3-6,8-11H,7H2,1-2H3,(H,29,30)(H2,27,28,32)/t11-/m0/s1. The Morgan fingerprint density at radius 3 is 2.56 bits per heavy atom. The Morgan fingerprint density at radius 2 is 1.79 bits per heavy atom. The zero-order valence-corrected chi connectivity index (χ0v) is 18.2. The maximum Gasteiger partial charge on any atom is 0.261 e. The van der Waals surface area contributed by atoms with Gasteiger partial charge in [0.25, 0.3) is 17.4 Å². The van der Waals surface area contributed by atoms with Crippen LogP contribution >= 0.6 is 0 Å². The number of halogens is 2. The summed E-state index contributed by atoms with van der Waals surface area (Å²) < 4.78 is 27.6. The normalized spacial score (nSPS) is 14.1. The van der Waals surface area contributed by atoms with Crippen LogP contribution in [0.5, 0.6) is 0 Å². The average Bonchev–Trinajstić information content (AvgIpc) is 3.29. The van der Waals surface area contributed by atoms with Crippen molar-refractivity contribution < 1.29 is 18.4 Å². The quantitative estimate of drug-likeness (QED) is 0.393. The topological polar surface area (TPSA) is 111 Å². The summed E-state index contributed by atoms with van der Waals surface area (Å²) >= 11 is 0. The van der Waals surface area contributed by atoms with Crippen LogP contribution in [0.4, 0.5) is 14.5 Å². The van der Waals surface area contributed by atoms with Crippen molar-refractivity contribution >= 4 is 28.5 Å². The number of anilines is 1. The molecule has 4 aromatic rings. The number of imidazole rings is 1. The van der Waals surface area contributed by atoms with Crippen molar-refractivity contribution in [3.8, 4) is 11.4 Å². The zero-order chi connectivity index (χ0) is 24.1. The zero-order valence-electron chi connectivity index (χ0n) is 18.2. The molecule has 3 heterocycles. The molecule has 2 amide bonds. The maximum absolute atomic E-state index is 14.1.